The summed E-state index contributed by atoms with van der Waals surface area (Å²) in [5.41, 5.74) is 7.14. The van der Waals surface area contributed by atoms with Crippen LogP contribution < -0.4 is 11.1 Å². The van der Waals surface area contributed by atoms with Gasteiger partial charge in [0.25, 0.3) is 0 Å². The van der Waals surface area contributed by atoms with Gasteiger partial charge in [-0.3, -0.25) is 4.79 Å². The second-order valence-corrected chi connectivity index (χ2v) is 7.24. The highest BCUT2D eigenvalue weighted by molar-refractivity contribution is 8.00. The van der Waals surface area contributed by atoms with Crippen LogP contribution >= 0.6 is 11.8 Å². The van der Waals surface area contributed by atoms with E-state index in [1.807, 2.05) is 42.1 Å². The third-order valence-corrected chi connectivity index (χ3v) is 5.84. The third-order valence-electron chi connectivity index (χ3n) is 4.42. The van der Waals surface area contributed by atoms with Crippen LogP contribution in [-0.2, 0) is 11.2 Å². The van der Waals surface area contributed by atoms with E-state index in [4.69, 9.17) is 5.73 Å². The van der Waals surface area contributed by atoms with Crippen molar-refractivity contribution in [2.24, 2.45) is 5.73 Å². The van der Waals surface area contributed by atoms with Crippen molar-refractivity contribution < 1.29 is 4.79 Å². The largest absolute Gasteiger partial charge is 0.353 e. The topological polar surface area (TPSA) is 55.1 Å². The summed E-state index contributed by atoms with van der Waals surface area (Å²) in [7, 11) is 0. The molecule has 3 N–H and O–H groups in total. The van der Waals surface area contributed by atoms with Gasteiger partial charge < -0.3 is 11.1 Å². The Bertz CT molecular complexity index is 443. The number of nitrogens with two attached hydrogens (primary N) is 1. The molecule has 1 aliphatic rings. The highest BCUT2D eigenvalue weighted by Crippen LogP contribution is 2.37. The fourth-order valence-electron chi connectivity index (χ4n) is 2.99. The first-order valence-electron chi connectivity index (χ1n) is 7.78. The van der Waals surface area contributed by atoms with Crippen LogP contribution in [-0.4, -0.2) is 29.5 Å². The molecule has 0 radical (unpaired) electrons. The van der Waals surface area contributed by atoms with Gasteiger partial charge in [-0.05, 0) is 31.1 Å². The van der Waals surface area contributed by atoms with Gasteiger partial charge in [0.15, 0.2) is 0 Å². The smallest absolute Gasteiger partial charge is 0.237 e. The molecule has 4 heteroatoms. The van der Waals surface area contributed by atoms with Crippen LogP contribution in [0.5, 0.6) is 0 Å². The maximum Gasteiger partial charge on any atom is 0.237 e. The number of carbonyl (C=O) groups is 1. The summed E-state index contributed by atoms with van der Waals surface area (Å²) in [5.74, 6) is -0.0298. The molecule has 1 saturated carbocycles. The van der Waals surface area contributed by atoms with E-state index in [2.05, 4.69) is 11.6 Å². The Morgan fingerprint density at radius 2 is 1.95 bits per heavy atom. The van der Waals surface area contributed by atoms with E-state index in [1.54, 1.807) is 0 Å². The standard InChI is InChI=1S/C17H26N2OS/c1-21-17(10-6-3-7-11-17)13-19-16(20)15(18)12-14-8-4-2-5-9-14/h2,4-5,8-9,15H,3,6-7,10-13,18H2,1H3,(H,19,20)/t15-/m0/s1. The molecule has 1 amide bonds. The molecule has 1 atom stereocenters. The Kier molecular flexibility index (Phi) is 6.12. The number of amides is 1. The number of hydrogen-bond acceptors (Lipinski definition) is 3. The van der Waals surface area contributed by atoms with Gasteiger partial charge in [-0.1, -0.05) is 49.6 Å². The lowest BCUT2D eigenvalue weighted by Gasteiger charge is -2.36. The van der Waals surface area contributed by atoms with Crippen LogP contribution in [0, 0.1) is 0 Å². The van der Waals surface area contributed by atoms with Crippen molar-refractivity contribution in [1.82, 2.24) is 5.32 Å². The van der Waals surface area contributed by atoms with Gasteiger partial charge in [0.05, 0.1) is 6.04 Å². The monoisotopic (exact) mass is 306 g/mol. The molecule has 1 aromatic rings. The van der Waals surface area contributed by atoms with Gasteiger partial charge >= 0.3 is 0 Å². The molecule has 3 nitrogen and oxygen atoms in total. The normalized spacial score (nSPS) is 19.0. The lowest BCUT2D eigenvalue weighted by Crippen LogP contribution is -2.48. The first-order valence-corrected chi connectivity index (χ1v) is 9.00. The fraction of sp³-hybridized carbons (Fsp3) is 0.588. The van der Waals surface area contributed by atoms with Crippen LogP contribution in [0.15, 0.2) is 30.3 Å². The predicted molar refractivity (Wildman–Crippen MR) is 90.5 cm³/mol. The van der Waals surface area contributed by atoms with Gasteiger partial charge in [0.1, 0.15) is 0 Å². The number of thioether (sulfide) groups is 1. The summed E-state index contributed by atoms with van der Waals surface area (Å²) < 4.78 is 0.223. The quantitative estimate of drug-likeness (QED) is 0.849. The Balaban J connectivity index is 1.83. The van der Waals surface area contributed by atoms with Crippen molar-refractivity contribution in [3.05, 3.63) is 35.9 Å². The molecule has 1 aliphatic carbocycles. The Morgan fingerprint density at radius 3 is 2.57 bits per heavy atom. The lowest BCUT2D eigenvalue weighted by atomic mass is 9.88. The molecular weight excluding hydrogens is 280 g/mol. The second-order valence-electron chi connectivity index (χ2n) is 5.96. The van der Waals surface area contributed by atoms with E-state index in [1.165, 1.54) is 32.1 Å². The van der Waals surface area contributed by atoms with Gasteiger partial charge in [-0.2, -0.15) is 11.8 Å². The van der Waals surface area contributed by atoms with Gasteiger partial charge in [-0.15, -0.1) is 0 Å². The summed E-state index contributed by atoms with van der Waals surface area (Å²) in [4.78, 5) is 12.2. The SMILES string of the molecule is CSC1(CNC(=O)[C@@H](N)Cc2ccccc2)CCCCC1. The Hall–Kier alpha value is -1.00. The van der Waals surface area contributed by atoms with E-state index < -0.39 is 6.04 Å². The average molecular weight is 306 g/mol. The molecule has 1 aromatic carbocycles. The van der Waals surface area contributed by atoms with E-state index in [-0.39, 0.29) is 10.7 Å². The molecule has 116 valence electrons. The zero-order chi connectivity index (χ0) is 15.1. The summed E-state index contributed by atoms with van der Waals surface area (Å²) in [6, 6.07) is 9.49. The van der Waals surface area contributed by atoms with Crippen molar-refractivity contribution in [2.75, 3.05) is 12.8 Å². The predicted octanol–water partition coefficient (Wildman–Crippen LogP) is 2.74. The molecule has 0 heterocycles. The molecule has 0 aliphatic heterocycles. The van der Waals surface area contributed by atoms with E-state index in [9.17, 15) is 4.79 Å². The maximum absolute atomic E-state index is 12.2. The molecule has 21 heavy (non-hydrogen) atoms. The first kappa shape index (κ1) is 16.4. The summed E-state index contributed by atoms with van der Waals surface area (Å²) in [6.45, 7) is 0.746. The van der Waals surface area contributed by atoms with Crippen molar-refractivity contribution in [2.45, 2.75) is 49.3 Å². The molecule has 1 fully saturated rings. The van der Waals surface area contributed by atoms with Crippen LogP contribution in [0.2, 0.25) is 0 Å². The molecular formula is C17H26N2OS. The Morgan fingerprint density at radius 1 is 1.29 bits per heavy atom. The molecule has 0 bridgehead atoms. The van der Waals surface area contributed by atoms with E-state index in [0.29, 0.717) is 6.42 Å². The highest BCUT2D eigenvalue weighted by atomic mass is 32.2. The molecule has 2 rings (SSSR count). The minimum atomic E-state index is -0.463. The van der Waals surface area contributed by atoms with Crippen LogP contribution in [0.25, 0.3) is 0 Å². The molecule has 0 spiro atoms. The summed E-state index contributed by atoms with van der Waals surface area (Å²) >= 11 is 1.90. The highest BCUT2D eigenvalue weighted by Gasteiger charge is 2.31. The minimum Gasteiger partial charge on any atom is -0.353 e. The van der Waals surface area contributed by atoms with Gasteiger partial charge in [0.2, 0.25) is 5.91 Å². The van der Waals surface area contributed by atoms with E-state index in [0.717, 1.165) is 12.1 Å². The van der Waals surface area contributed by atoms with Crippen LogP contribution in [0.4, 0.5) is 0 Å². The Labute approximate surface area is 132 Å². The molecule has 0 saturated heterocycles. The number of carbonyl (C=O) groups excluding carboxylic acids is 1. The number of nitrogens with one attached hydrogen (secondary N) is 1. The summed E-state index contributed by atoms with van der Waals surface area (Å²) in [5, 5.41) is 3.08. The van der Waals surface area contributed by atoms with E-state index >= 15 is 0 Å². The third kappa shape index (κ3) is 4.75. The van der Waals surface area contributed by atoms with Gasteiger partial charge in [0, 0.05) is 11.3 Å². The molecule has 0 aromatic heterocycles. The summed E-state index contributed by atoms with van der Waals surface area (Å²) in [6.07, 6.45) is 9.01. The van der Waals surface area contributed by atoms with Crippen LogP contribution in [0.3, 0.4) is 0 Å². The zero-order valence-corrected chi connectivity index (χ0v) is 13.6. The van der Waals surface area contributed by atoms with Crippen molar-refractivity contribution in [3.63, 3.8) is 0 Å². The minimum absolute atomic E-state index is 0.0298. The fourth-order valence-corrected chi connectivity index (χ4v) is 3.90. The number of rotatable bonds is 6. The second kappa shape index (κ2) is 7.85. The maximum atomic E-state index is 12.2. The number of hydrogen-bond donors (Lipinski definition) is 2. The van der Waals surface area contributed by atoms with Crippen molar-refractivity contribution in [1.29, 1.82) is 0 Å². The first-order chi connectivity index (χ1) is 10.2. The van der Waals surface area contributed by atoms with Gasteiger partial charge in [-0.25, -0.2) is 0 Å². The zero-order valence-electron chi connectivity index (χ0n) is 12.8. The molecule has 0 unspecified atom stereocenters. The number of benzene rings is 1. The van der Waals surface area contributed by atoms with Crippen molar-refractivity contribution >= 4 is 17.7 Å². The lowest BCUT2D eigenvalue weighted by molar-refractivity contribution is -0.122. The average Bonchev–Trinajstić information content (AvgIpc) is 2.54. The van der Waals surface area contributed by atoms with Crippen molar-refractivity contribution in [3.8, 4) is 0 Å². The van der Waals surface area contributed by atoms with Crippen LogP contribution in [0.1, 0.15) is 37.7 Å².